The molecule has 11 heteroatoms. The van der Waals surface area contributed by atoms with Gasteiger partial charge in [0, 0.05) is 38.4 Å². The lowest BCUT2D eigenvalue weighted by molar-refractivity contribution is 0.0202. The zero-order chi connectivity index (χ0) is 24.7. The van der Waals surface area contributed by atoms with Crippen LogP contribution in [-0.2, 0) is 14.6 Å². The molecule has 2 saturated heterocycles. The molecule has 186 valence electrons. The van der Waals surface area contributed by atoms with E-state index in [4.69, 9.17) is 9.26 Å². The maximum absolute atomic E-state index is 14.6. The summed E-state index contributed by atoms with van der Waals surface area (Å²) >= 11 is 0. The molecule has 0 saturated carbocycles. The van der Waals surface area contributed by atoms with Gasteiger partial charge in [0.15, 0.2) is 15.7 Å². The Kier molecular flexibility index (Phi) is 6.58. The fourth-order valence-electron chi connectivity index (χ4n) is 4.38. The predicted octanol–water partition coefficient (Wildman–Crippen LogP) is 3.72. The third kappa shape index (κ3) is 5.51. The van der Waals surface area contributed by atoms with Crippen molar-refractivity contribution >= 4 is 21.6 Å². The van der Waals surface area contributed by atoms with Crippen molar-refractivity contribution in [2.45, 2.75) is 62.4 Å². The lowest BCUT2D eigenvalue weighted by atomic mass is 9.96. The maximum Gasteiger partial charge on any atom is 0.410 e. The molecule has 0 radical (unpaired) electrons. The molecular formula is C23H31FN4O5S. The molecule has 0 spiro atoms. The molecule has 0 aliphatic carbocycles. The first-order valence-corrected chi connectivity index (χ1v) is 13.4. The molecule has 1 amide bonds. The second kappa shape index (κ2) is 9.16. The van der Waals surface area contributed by atoms with Gasteiger partial charge in [0.2, 0.25) is 5.89 Å². The standard InChI is InChI=1S/C23H31FN4O5S/c1-23(2,3)32-22(29)27-10-7-15(8-11-27)20-25-21(33-26-20)16-9-12-28(14-16)19-6-5-17(13-18(19)24)34(4,30)31/h5-6,13,15-16H,7-12,14H2,1-4H3. The number of hydrogen-bond acceptors (Lipinski definition) is 8. The number of hydrogen-bond donors (Lipinski definition) is 0. The van der Waals surface area contributed by atoms with Crippen LogP contribution in [0.25, 0.3) is 0 Å². The van der Waals surface area contributed by atoms with Gasteiger partial charge in [-0.15, -0.1) is 0 Å². The zero-order valence-corrected chi connectivity index (χ0v) is 20.8. The molecule has 2 aromatic rings. The highest BCUT2D eigenvalue weighted by atomic mass is 32.2. The number of amides is 1. The number of carbonyl (C=O) groups excluding carboxylic acids is 1. The molecule has 34 heavy (non-hydrogen) atoms. The Morgan fingerprint density at radius 1 is 1.15 bits per heavy atom. The normalized spacial score (nSPS) is 20.1. The van der Waals surface area contributed by atoms with Gasteiger partial charge >= 0.3 is 6.09 Å². The smallest absolute Gasteiger partial charge is 0.410 e. The molecule has 9 nitrogen and oxygen atoms in total. The predicted molar refractivity (Wildman–Crippen MR) is 123 cm³/mol. The first-order valence-electron chi connectivity index (χ1n) is 11.5. The average molecular weight is 495 g/mol. The van der Waals surface area contributed by atoms with Crippen molar-refractivity contribution in [1.82, 2.24) is 15.0 Å². The van der Waals surface area contributed by atoms with Gasteiger partial charge in [-0.05, 0) is 58.2 Å². The van der Waals surface area contributed by atoms with E-state index in [9.17, 15) is 17.6 Å². The Bertz CT molecular complexity index is 1150. The van der Waals surface area contributed by atoms with Crippen LogP contribution >= 0.6 is 0 Å². The third-order valence-corrected chi connectivity index (χ3v) is 7.30. The number of halogens is 1. The van der Waals surface area contributed by atoms with Crippen LogP contribution in [0.15, 0.2) is 27.6 Å². The average Bonchev–Trinajstić information content (AvgIpc) is 3.42. The number of nitrogens with zero attached hydrogens (tertiary/aromatic N) is 4. The molecular weight excluding hydrogens is 463 g/mol. The number of aromatic nitrogens is 2. The van der Waals surface area contributed by atoms with Gasteiger partial charge in [0.1, 0.15) is 11.4 Å². The highest BCUT2D eigenvalue weighted by Crippen LogP contribution is 2.34. The minimum Gasteiger partial charge on any atom is -0.444 e. The van der Waals surface area contributed by atoms with Gasteiger partial charge in [-0.3, -0.25) is 0 Å². The summed E-state index contributed by atoms with van der Waals surface area (Å²) < 4.78 is 48.9. The molecule has 0 N–H and O–H groups in total. The van der Waals surface area contributed by atoms with Crippen molar-refractivity contribution in [3.8, 4) is 0 Å². The van der Waals surface area contributed by atoms with Gasteiger partial charge < -0.3 is 19.1 Å². The molecule has 2 aliphatic heterocycles. The molecule has 3 heterocycles. The van der Waals surface area contributed by atoms with E-state index in [-0.39, 0.29) is 22.8 Å². The number of carbonyl (C=O) groups is 1. The molecule has 2 fully saturated rings. The molecule has 1 aromatic heterocycles. The third-order valence-electron chi connectivity index (χ3n) is 6.19. The van der Waals surface area contributed by atoms with Gasteiger partial charge in [0.05, 0.1) is 16.5 Å². The van der Waals surface area contributed by atoms with E-state index in [2.05, 4.69) is 10.1 Å². The van der Waals surface area contributed by atoms with Crippen molar-refractivity contribution in [2.24, 2.45) is 0 Å². The maximum atomic E-state index is 14.6. The molecule has 1 atom stereocenters. The van der Waals surface area contributed by atoms with Crippen LogP contribution in [0.5, 0.6) is 0 Å². The van der Waals surface area contributed by atoms with E-state index >= 15 is 0 Å². The Labute approximate surface area is 199 Å². The molecule has 1 aromatic carbocycles. The van der Waals surface area contributed by atoms with Gasteiger partial charge in [0.25, 0.3) is 0 Å². The van der Waals surface area contributed by atoms with Crippen LogP contribution in [0, 0.1) is 5.82 Å². The Morgan fingerprint density at radius 3 is 2.44 bits per heavy atom. The number of anilines is 1. The first-order chi connectivity index (χ1) is 15.9. The summed E-state index contributed by atoms with van der Waals surface area (Å²) in [6.45, 7) is 7.80. The van der Waals surface area contributed by atoms with E-state index < -0.39 is 21.3 Å². The molecule has 2 aliphatic rings. The monoisotopic (exact) mass is 494 g/mol. The summed E-state index contributed by atoms with van der Waals surface area (Å²) in [6.07, 6.45) is 2.94. The SMILES string of the molecule is CC(C)(C)OC(=O)N1CCC(c2noc(C3CCN(c4ccc(S(C)(=O)=O)cc4F)C3)n2)CC1. The number of benzene rings is 1. The van der Waals surface area contributed by atoms with Crippen LogP contribution in [0.2, 0.25) is 0 Å². The van der Waals surface area contributed by atoms with Gasteiger partial charge in [-0.25, -0.2) is 17.6 Å². The molecule has 0 bridgehead atoms. The van der Waals surface area contributed by atoms with Crippen molar-refractivity contribution < 1.29 is 26.9 Å². The van der Waals surface area contributed by atoms with Crippen LogP contribution in [0.3, 0.4) is 0 Å². The van der Waals surface area contributed by atoms with Crippen LogP contribution in [0.1, 0.15) is 63.6 Å². The van der Waals surface area contributed by atoms with Crippen LogP contribution in [0.4, 0.5) is 14.9 Å². The van der Waals surface area contributed by atoms with E-state index in [0.29, 0.717) is 43.6 Å². The second-order valence-electron chi connectivity index (χ2n) is 10.0. The van der Waals surface area contributed by atoms with E-state index in [1.54, 1.807) is 4.90 Å². The Hall–Kier alpha value is -2.69. The van der Waals surface area contributed by atoms with Crippen molar-refractivity contribution in [3.05, 3.63) is 35.7 Å². The summed E-state index contributed by atoms with van der Waals surface area (Å²) in [5.74, 6) is 0.680. The number of piperidine rings is 1. The number of likely N-dealkylation sites (tertiary alicyclic amines) is 1. The number of rotatable bonds is 4. The fourth-order valence-corrected chi connectivity index (χ4v) is 5.01. The highest BCUT2D eigenvalue weighted by molar-refractivity contribution is 7.90. The second-order valence-corrected chi connectivity index (χ2v) is 12.1. The summed E-state index contributed by atoms with van der Waals surface area (Å²) in [5.41, 5.74) is -0.159. The number of ether oxygens (including phenoxy) is 1. The van der Waals surface area contributed by atoms with Crippen molar-refractivity contribution in [1.29, 1.82) is 0 Å². The van der Waals surface area contributed by atoms with Crippen LogP contribution in [-0.4, -0.2) is 67.6 Å². The van der Waals surface area contributed by atoms with Crippen molar-refractivity contribution in [3.63, 3.8) is 0 Å². The Morgan fingerprint density at radius 2 is 1.82 bits per heavy atom. The quantitative estimate of drug-likeness (QED) is 0.633. The molecule has 1 unspecified atom stereocenters. The lowest BCUT2D eigenvalue weighted by Gasteiger charge is -2.32. The van der Waals surface area contributed by atoms with Gasteiger partial charge in [-0.1, -0.05) is 5.16 Å². The van der Waals surface area contributed by atoms with Gasteiger partial charge in [-0.2, -0.15) is 4.98 Å². The summed E-state index contributed by atoms with van der Waals surface area (Å²) in [7, 11) is -3.46. The topological polar surface area (TPSA) is 106 Å². The summed E-state index contributed by atoms with van der Waals surface area (Å²) in [6, 6.07) is 3.99. The van der Waals surface area contributed by atoms with Crippen molar-refractivity contribution in [2.75, 3.05) is 37.3 Å². The van der Waals surface area contributed by atoms with E-state index in [0.717, 1.165) is 31.6 Å². The zero-order valence-electron chi connectivity index (χ0n) is 20.0. The minimum absolute atomic E-state index is 0.0305. The van der Waals surface area contributed by atoms with Crippen LogP contribution < -0.4 is 4.90 Å². The fraction of sp³-hybridized carbons (Fsp3) is 0.609. The molecule has 4 rings (SSSR count). The lowest BCUT2D eigenvalue weighted by Crippen LogP contribution is -2.41. The van der Waals surface area contributed by atoms with E-state index in [1.807, 2.05) is 25.7 Å². The largest absolute Gasteiger partial charge is 0.444 e. The number of sulfone groups is 1. The van der Waals surface area contributed by atoms with E-state index in [1.165, 1.54) is 12.1 Å². The summed E-state index contributed by atoms with van der Waals surface area (Å²) in [4.78, 5) is 20.4. The highest BCUT2D eigenvalue weighted by Gasteiger charge is 2.33. The Balaban J connectivity index is 1.35. The first kappa shape index (κ1) is 24.4. The minimum atomic E-state index is -3.46. The summed E-state index contributed by atoms with van der Waals surface area (Å²) in [5, 5.41) is 4.19.